The third-order valence-corrected chi connectivity index (χ3v) is 26.0. The molecule has 6 heterocycles. The van der Waals surface area contributed by atoms with Crippen LogP contribution in [-0.2, 0) is 95.8 Å². The predicted octanol–water partition coefficient (Wildman–Crippen LogP) is 1.73. The number of nitrogens with zero attached hydrogens (tertiary/aromatic N) is 6. The minimum Gasteiger partial charge on any atom is -0.395 e. The molecular weight excluding hydrogens is 1980 g/mol. The summed E-state index contributed by atoms with van der Waals surface area (Å²) in [6.45, 7) is 64.8. The van der Waals surface area contributed by atoms with Crippen molar-refractivity contribution >= 4 is 88.4 Å². The summed E-state index contributed by atoms with van der Waals surface area (Å²) in [6, 6.07) is 16.0. The Morgan fingerprint density at radius 3 is 1.22 bits per heavy atom. The number of quaternary nitrogens is 2. The molecule has 148 heavy (non-hydrogen) atoms. The number of likely N-dealkylation sites (N-methyl/N-ethyl adjacent to an activating group) is 1. The number of aliphatic hydroxyl groups is 8. The molecule has 6 aliphatic heterocycles. The molecule has 862 valence electrons. The fraction of sp³-hybridized carbons (Fsp3) is 0.765. The first-order valence-electron chi connectivity index (χ1n) is 52.0. The van der Waals surface area contributed by atoms with Crippen LogP contribution in [0.2, 0.25) is 0 Å². The Bertz CT molecular complexity index is 4390. The zero-order valence-corrected chi connectivity index (χ0v) is 95.2. The number of primary amides is 1. The number of piperazine rings is 6. The van der Waals surface area contributed by atoms with Crippen LogP contribution in [0.3, 0.4) is 0 Å². The average Bonchev–Trinajstić information content (AvgIpc) is 0.784. The maximum Gasteiger partial charge on any atom is 0.295 e. The van der Waals surface area contributed by atoms with Crippen molar-refractivity contribution in [2.24, 2.45) is 64.9 Å². The summed E-state index contributed by atoms with van der Waals surface area (Å²) in [5.41, 5.74) is 5.89. The van der Waals surface area contributed by atoms with E-state index in [4.69, 9.17) is 69.9 Å². The topological polar surface area (TPSA) is 624 Å². The van der Waals surface area contributed by atoms with E-state index in [9.17, 15) is 68.2 Å². The second kappa shape index (κ2) is 81.4. The van der Waals surface area contributed by atoms with Gasteiger partial charge < -0.3 is 122 Å². The minimum absolute atomic E-state index is 0.00319. The van der Waals surface area contributed by atoms with E-state index in [1.165, 1.54) is 112 Å². The molecule has 46 heteroatoms. The van der Waals surface area contributed by atoms with E-state index in [1.54, 1.807) is 56.1 Å². The molecular formula is C102H195N15O28S3+2. The second-order valence-electron chi connectivity index (χ2n) is 40.5. The maximum atomic E-state index is 11.5. The van der Waals surface area contributed by atoms with Gasteiger partial charge in [-0.2, -0.15) is 25.3 Å². The molecule has 3 aromatic rings. The van der Waals surface area contributed by atoms with Crippen LogP contribution >= 0.6 is 0 Å². The van der Waals surface area contributed by atoms with Crippen molar-refractivity contribution in [3.8, 4) is 0 Å². The SMILES string of the molecule is CC(C)C(=O)N(C)CCOCCO.CC(C)C(=O)N(CCS(=O)(=O)O)CC(N)=O.CC(C)C(=O)NCCC[N+]12CCN(CC1)CC2.CC(C)C(=O)NCCCc1cccc2c(S(=O)(=O)O)cccc12.CC(C)C(=O)NCCOCCO.CC(C)C(=O)NCC[N+]12CCN(CC1)CC2.CC(C)C(=O)NCCc1ccc(S(=O)(=O)O)cc1.CC(C)CNC(CO)(CO)CO.CC(C)CNC(CO)CO.CC(C)CNCCOCCO. The fourth-order valence-corrected chi connectivity index (χ4v) is 15.7. The van der Waals surface area contributed by atoms with Crippen molar-refractivity contribution in [3.05, 3.63) is 71.8 Å². The number of benzene rings is 3. The summed E-state index contributed by atoms with van der Waals surface area (Å²) < 4.78 is 110. The van der Waals surface area contributed by atoms with Crippen molar-refractivity contribution in [3.63, 3.8) is 0 Å². The fourth-order valence-electron chi connectivity index (χ4n) is 14.0. The van der Waals surface area contributed by atoms with Gasteiger partial charge >= 0.3 is 0 Å². The molecule has 0 aromatic heterocycles. The van der Waals surface area contributed by atoms with Crippen LogP contribution in [0.1, 0.15) is 162 Å². The Morgan fingerprint density at radius 2 is 0.824 bits per heavy atom. The molecule has 0 spiro atoms. The minimum atomic E-state index is -4.25. The smallest absolute Gasteiger partial charge is 0.295 e. The van der Waals surface area contributed by atoms with Crippen LogP contribution in [0.5, 0.6) is 0 Å². The van der Waals surface area contributed by atoms with Crippen LogP contribution < -0.4 is 48.3 Å². The third kappa shape index (κ3) is 70.1. The lowest BCUT2D eigenvalue weighted by Gasteiger charge is -2.50. The number of ether oxygens (including phenoxy) is 3. The largest absolute Gasteiger partial charge is 0.395 e. The van der Waals surface area contributed by atoms with Crippen LogP contribution in [-0.4, -0.2) is 443 Å². The van der Waals surface area contributed by atoms with Crippen molar-refractivity contribution in [1.29, 1.82) is 0 Å². The molecule has 3 aromatic carbocycles. The summed E-state index contributed by atoms with van der Waals surface area (Å²) in [5.74, 6) is 0.286. The van der Waals surface area contributed by atoms with Gasteiger partial charge in [0.25, 0.3) is 30.4 Å². The maximum absolute atomic E-state index is 11.5. The molecule has 0 atom stereocenters. The number of carbonyl (C=O) groups excluding carboxylic acids is 8. The molecule has 6 fully saturated rings. The van der Waals surface area contributed by atoms with Gasteiger partial charge in [-0.15, -0.1) is 0 Å². The van der Waals surface area contributed by atoms with Crippen molar-refractivity contribution in [2.75, 3.05) is 275 Å². The summed E-state index contributed by atoms with van der Waals surface area (Å²) in [4.78, 5) is 97.8. The molecule has 0 aliphatic carbocycles. The molecule has 9 rings (SSSR count). The van der Waals surface area contributed by atoms with E-state index in [-0.39, 0.29) is 165 Å². The highest BCUT2D eigenvalue weighted by Crippen LogP contribution is 2.27. The van der Waals surface area contributed by atoms with E-state index in [0.717, 1.165) is 73.5 Å². The van der Waals surface area contributed by atoms with Gasteiger partial charge in [-0.3, -0.25) is 61.8 Å². The number of rotatable bonds is 56. The van der Waals surface area contributed by atoms with Gasteiger partial charge in [0.2, 0.25) is 47.3 Å². The first-order chi connectivity index (χ1) is 69.3. The molecule has 8 amide bonds. The highest BCUT2D eigenvalue weighted by atomic mass is 32.2. The van der Waals surface area contributed by atoms with Crippen molar-refractivity contribution in [1.82, 2.24) is 62.1 Å². The Morgan fingerprint density at radius 1 is 0.426 bits per heavy atom. The number of nitrogens with two attached hydrogens (primary N) is 1. The van der Waals surface area contributed by atoms with Crippen LogP contribution in [0, 0.1) is 59.2 Å². The number of fused-ring (bicyclic) bond motifs is 7. The summed E-state index contributed by atoms with van der Waals surface area (Å²) in [7, 11) is -10.8. The zero-order chi connectivity index (χ0) is 113. The van der Waals surface area contributed by atoms with E-state index in [1.807, 2.05) is 109 Å². The molecule has 0 unspecified atom stereocenters. The predicted molar refractivity (Wildman–Crippen MR) is 577 cm³/mol. The molecule has 4 bridgehead atoms. The lowest BCUT2D eigenvalue weighted by Crippen LogP contribution is -2.68. The van der Waals surface area contributed by atoms with Crippen molar-refractivity contribution in [2.45, 2.75) is 186 Å². The highest BCUT2D eigenvalue weighted by Gasteiger charge is 2.39. The normalized spacial score (nSPS) is 16.1. The monoisotopic (exact) mass is 2170 g/mol. The number of hydrogen-bond acceptors (Lipinski definition) is 30. The van der Waals surface area contributed by atoms with Gasteiger partial charge in [0.05, 0.1) is 180 Å². The number of nitrogens with one attached hydrogen (secondary N) is 8. The lowest BCUT2D eigenvalue weighted by atomic mass is 10.0. The first kappa shape index (κ1) is 145. The van der Waals surface area contributed by atoms with Gasteiger partial charge in [0.15, 0.2) is 0 Å². The second-order valence-corrected chi connectivity index (χ2v) is 44.9. The Balaban J connectivity index is -0.00000159. The number of aryl methyl sites for hydroxylation is 1. The summed E-state index contributed by atoms with van der Waals surface area (Å²) in [6.07, 6.45) is 3.21. The van der Waals surface area contributed by atoms with Gasteiger partial charge in [0, 0.05) is 145 Å². The van der Waals surface area contributed by atoms with Crippen molar-refractivity contribution < 1.29 is 141 Å². The van der Waals surface area contributed by atoms with Gasteiger partial charge in [-0.1, -0.05) is 181 Å². The lowest BCUT2D eigenvalue weighted by molar-refractivity contribution is -0.941. The molecule has 0 saturated carbocycles. The van der Waals surface area contributed by atoms with Crippen LogP contribution in [0.25, 0.3) is 10.8 Å². The number of aliphatic hydroxyl groups excluding tert-OH is 8. The number of amides is 8. The molecule has 6 aliphatic rings. The number of carbonyl (C=O) groups is 8. The highest BCUT2D eigenvalue weighted by molar-refractivity contribution is 7.86. The molecule has 43 nitrogen and oxygen atoms in total. The molecule has 6 saturated heterocycles. The van der Waals surface area contributed by atoms with E-state index in [0.29, 0.717) is 108 Å². The quantitative estimate of drug-likeness (QED) is 0.0217. The Kier molecular flexibility index (Phi) is 79.6. The molecule has 21 N–H and O–H groups in total. The van der Waals surface area contributed by atoms with Crippen LogP contribution in [0.15, 0.2) is 70.5 Å². The third-order valence-electron chi connectivity index (χ3n) is 23.6. The summed E-state index contributed by atoms with van der Waals surface area (Å²) >= 11 is 0. The average molecular weight is 2180 g/mol. The molecule has 0 radical (unpaired) electrons. The van der Waals surface area contributed by atoms with Gasteiger partial charge in [-0.05, 0) is 91.4 Å². The number of hydrogen-bond donors (Lipinski definition) is 20. The van der Waals surface area contributed by atoms with Gasteiger partial charge in [0.1, 0.15) is 4.90 Å². The summed E-state index contributed by atoms with van der Waals surface area (Å²) in [5, 5.41) is 94.0. The van der Waals surface area contributed by atoms with Gasteiger partial charge in [-0.25, -0.2) is 0 Å². The Hall–Kier alpha value is -7.31. The van der Waals surface area contributed by atoms with E-state index in [2.05, 4.69) is 80.0 Å². The standard InChI is InChI=1S/C17H21NO4S.C13H25N3O.C12H23N3O.C12H17NO4S.C9H19NO3.C8H16N2O5S.C8H19NO3.C8H17NO3.C8H19NO2.C7H17NO2/c1-12(2)17(19)18-11-5-7-13-6-3-9-15-14(13)8-4-10-16(15)23(20,21)22;1-12(2)13(17)14-4-3-8-16-9-5-15(6-10-16)7-11-16;1-11(2)12(16)13-3-7-15-8-4-14(5-9-15)6-10-15;1-9(2)12(14)13-8-7-10-3-5-11(6-4-10)18(15,16)17;1-8(2)9(12)10(3)4-6-13-7-5-11;1-6(2)8(12)10(5-7(9)11)3-4-16(13,14)15;1-7(2)3-9-8(4-10,5-11)6-12;1-7(2)8(11)9-3-5-12-6-4-10;1-8(2)7-9-3-5-11-6-4-10;1-6(2)3-8-7(4-9)5-10/h3-4,6,8-10,12H,5,7,11H2,1-2H3,(H,18,19)(H,20,21,22);12H,3-11H2,1-2H3;11H,3-10H2,1-2H3;3-6,9H,7-8H2,1-2H3,(H,13,14)(H,15,16,17);8,11H,4-7H2,1-3H3;6H,3-5H2,1-2H3,(H2,9,11)(H,13,14,15);7,9-12H,3-6H2,1-2H3;7,10H,3-6H2,1-2H3,(H,9,11);8-10H,3-7H2,1-2H3;6-10H,3-5H2,1-2H3/p+2. The Labute approximate surface area is 884 Å². The van der Waals surface area contributed by atoms with E-state index < -0.39 is 47.6 Å². The van der Waals surface area contributed by atoms with E-state index >= 15 is 0 Å². The zero-order valence-electron chi connectivity index (χ0n) is 92.8. The first-order valence-corrected chi connectivity index (χ1v) is 56.4. The van der Waals surface area contributed by atoms with Crippen LogP contribution in [0.4, 0.5) is 0 Å².